The third-order valence-corrected chi connectivity index (χ3v) is 4.71. The lowest BCUT2D eigenvalue weighted by Gasteiger charge is -2.34. The molecule has 0 spiro atoms. The van der Waals surface area contributed by atoms with E-state index in [1.807, 2.05) is 30.5 Å². The van der Waals surface area contributed by atoms with Crippen molar-refractivity contribution >= 4 is 11.5 Å². The van der Waals surface area contributed by atoms with Gasteiger partial charge in [0.15, 0.2) is 5.65 Å². The van der Waals surface area contributed by atoms with Crippen LogP contribution in [0.5, 0.6) is 5.75 Å². The number of ether oxygens (including phenoxy) is 1. The molecule has 0 amide bonds. The van der Waals surface area contributed by atoms with Gasteiger partial charge in [0.2, 0.25) is 0 Å². The Morgan fingerprint density at radius 3 is 3.07 bits per heavy atom. The van der Waals surface area contributed by atoms with Crippen molar-refractivity contribution in [2.45, 2.75) is 19.0 Å². The molecule has 1 aliphatic rings. The van der Waals surface area contributed by atoms with Crippen LogP contribution in [0.3, 0.4) is 0 Å². The van der Waals surface area contributed by atoms with Crippen molar-refractivity contribution in [3.63, 3.8) is 0 Å². The molecule has 0 N–H and O–H groups in total. The van der Waals surface area contributed by atoms with Crippen LogP contribution in [-0.2, 0) is 6.54 Å². The van der Waals surface area contributed by atoms with E-state index in [1.54, 1.807) is 23.2 Å². The van der Waals surface area contributed by atoms with E-state index in [4.69, 9.17) is 4.74 Å². The summed E-state index contributed by atoms with van der Waals surface area (Å²) in [5.74, 6) is 1.68. The van der Waals surface area contributed by atoms with Crippen LogP contribution in [0.4, 0.5) is 5.82 Å². The Labute approximate surface area is 155 Å². The molecular weight excluding hydrogens is 344 g/mol. The Bertz CT molecular complexity index is 1040. The first-order valence-corrected chi connectivity index (χ1v) is 8.84. The molecule has 0 bridgehead atoms. The number of anilines is 1. The van der Waals surface area contributed by atoms with Gasteiger partial charge in [-0.05, 0) is 30.3 Å². The third-order valence-electron chi connectivity index (χ3n) is 4.71. The number of hydrogen-bond acceptors (Lipinski definition) is 7. The van der Waals surface area contributed by atoms with Crippen molar-refractivity contribution in [1.82, 2.24) is 34.6 Å². The first-order valence-electron chi connectivity index (χ1n) is 8.84. The Hall–Kier alpha value is -3.49. The molecule has 27 heavy (non-hydrogen) atoms. The summed E-state index contributed by atoms with van der Waals surface area (Å²) in [4.78, 5) is 6.33. The minimum absolute atomic E-state index is 0.207. The summed E-state index contributed by atoms with van der Waals surface area (Å²) in [5, 5.41) is 17.0. The monoisotopic (exact) mass is 362 g/mol. The number of rotatable bonds is 5. The maximum absolute atomic E-state index is 5.83. The van der Waals surface area contributed by atoms with Crippen LogP contribution in [-0.4, -0.2) is 47.7 Å². The molecule has 4 aromatic rings. The van der Waals surface area contributed by atoms with Gasteiger partial charge in [0.25, 0.3) is 0 Å². The van der Waals surface area contributed by atoms with Crippen LogP contribution in [0.25, 0.3) is 5.65 Å². The summed E-state index contributed by atoms with van der Waals surface area (Å²) in [5.41, 5.74) is 1.90. The van der Waals surface area contributed by atoms with Crippen LogP contribution >= 0.6 is 0 Å². The van der Waals surface area contributed by atoms with Crippen molar-refractivity contribution in [3.05, 3.63) is 60.9 Å². The van der Waals surface area contributed by atoms with Gasteiger partial charge in [-0.2, -0.15) is 9.61 Å². The fourth-order valence-electron chi connectivity index (χ4n) is 3.41. The molecule has 1 aliphatic heterocycles. The molecule has 1 atom stereocenters. The molecule has 4 aromatic heterocycles. The van der Waals surface area contributed by atoms with E-state index in [2.05, 4.69) is 41.0 Å². The zero-order chi connectivity index (χ0) is 18.1. The Balaban J connectivity index is 1.34. The first kappa shape index (κ1) is 15.7. The Morgan fingerprint density at radius 2 is 2.15 bits per heavy atom. The van der Waals surface area contributed by atoms with Crippen LogP contribution in [0.15, 0.2) is 55.2 Å². The van der Waals surface area contributed by atoms with Gasteiger partial charge in [-0.3, -0.25) is 9.67 Å². The molecule has 5 heterocycles. The number of aromatic nitrogens is 7. The number of fused-ring (bicyclic) bond motifs is 2. The summed E-state index contributed by atoms with van der Waals surface area (Å²) in [6.45, 7) is 2.17. The quantitative estimate of drug-likeness (QED) is 0.534. The van der Waals surface area contributed by atoms with E-state index in [0.717, 1.165) is 36.7 Å². The molecule has 9 heteroatoms. The molecule has 136 valence electrons. The van der Waals surface area contributed by atoms with E-state index < -0.39 is 0 Å². The van der Waals surface area contributed by atoms with Crippen LogP contribution in [0.1, 0.15) is 18.2 Å². The number of nitrogens with zero attached hydrogens (tertiary/aromatic N) is 8. The summed E-state index contributed by atoms with van der Waals surface area (Å²) >= 11 is 0. The third kappa shape index (κ3) is 3.07. The Morgan fingerprint density at radius 1 is 1.15 bits per heavy atom. The zero-order valence-electron chi connectivity index (χ0n) is 14.6. The lowest BCUT2D eigenvalue weighted by molar-refractivity contribution is 0.260. The van der Waals surface area contributed by atoms with Crippen LogP contribution < -0.4 is 9.64 Å². The molecule has 0 fully saturated rings. The molecule has 0 unspecified atom stereocenters. The van der Waals surface area contributed by atoms with E-state index >= 15 is 0 Å². The van der Waals surface area contributed by atoms with Crippen molar-refractivity contribution in [2.75, 3.05) is 18.1 Å². The summed E-state index contributed by atoms with van der Waals surface area (Å²) < 4.78 is 9.62. The average Bonchev–Trinajstić information content (AvgIpc) is 3.37. The topological polar surface area (TPSA) is 86.3 Å². The summed E-state index contributed by atoms with van der Waals surface area (Å²) in [6, 6.07) is 9.96. The van der Waals surface area contributed by atoms with Crippen molar-refractivity contribution in [1.29, 1.82) is 0 Å². The predicted molar refractivity (Wildman–Crippen MR) is 97.4 cm³/mol. The molecule has 0 saturated carbocycles. The molecule has 0 radical (unpaired) electrons. The van der Waals surface area contributed by atoms with E-state index in [9.17, 15) is 0 Å². The molecule has 0 saturated heterocycles. The molecule has 5 rings (SSSR count). The van der Waals surface area contributed by atoms with E-state index in [0.29, 0.717) is 6.61 Å². The number of pyridine rings is 1. The molecule has 9 nitrogen and oxygen atoms in total. The van der Waals surface area contributed by atoms with Gasteiger partial charge in [-0.1, -0.05) is 0 Å². The van der Waals surface area contributed by atoms with Gasteiger partial charge >= 0.3 is 0 Å². The standard InChI is InChI=1S/C18H18N8O/c1-2-16(10-19-7-1)27-9-6-15-12-24(11-14-5-8-21-26(14)15)18-4-3-17-22-20-13-25(17)23-18/h1-5,7-8,10,13,15H,6,9,11-12H2/t15-/m0/s1. The number of hydrogen-bond donors (Lipinski definition) is 0. The molecule has 0 aromatic carbocycles. The Kier molecular flexibility index (Phi) is 3.89. The lowest BCUT2D eigenvalue weighted by atomic mass is 10.1. The van der Waals surface area contributed by atoms with Crippen molar-refractivity contribution in [3.8, 4) is 5.75 Å². The van der Waals surface area contributed by atoms with Crippen LogP contribution in [0.2, 0.25) is 0 Å². The maximum atomic E-state index is 5.83. The highest BCUT2D eigenvalue weighted by atomic mass is 16.5. The van der Waals surface area contributed by atoms with Crippen molar-refractivity contribution < 1.29 is 4.74 Å². The van der Waals surface area contributed by atoms with Gasteiger partial charge in [0.1, 0.15) is 17.9 Å². The maximum Gasteiger partial charge on any atom is 0.177 e. The van der Waals surface area contributed by atoms with Crippen molar-refractivity contribution in [2.24, 2.45) is 0 Å². The second-order valence-electron chi connectivity index (χ2n) is 6.45. The first-order chi connectivity index (χ1) is 13.4. The minimum Gasteiger partial charge on any atom is -0.492 e. The highest BCUT2D eigenvalue weighted by Gasteiger charge is 2.26. The van der Waals surface area contributed by atoms with Gasteiger partial charge in [-0.15, -0.1) is 15.3 Å². The highest BCUT2D eigenvalue weighted by Crippen LogP contribution is 2.26. The minimum atomic E-state index is 0.207. The van der Waals surface area contributed by atoms with E-state index in [-0.39, 0.29) is 6.04 Å². The second-order valence-corrected chi connectivity index (χ2v) is 6.45. The molecule has 0 aliphatic carbocycles. The summed E-state index contributed by atoms with van der Waals surface area (Å²) in [6.07, 6.45) is 7.78. The van der Waals surface area contributed by atoms with Gasteiger partial charge in [0, 0.05) is 25.4 Å². The second kappa shape index (κ2) is 6.67. The highest BCUT2D eigenvalue weighted by molar-refractivity contribution is 5.46. The largest absolute Gasteiger partial charge is 0.492 e. The fraction of sp³-hybridized carbons (Fsp3) is 0.278. The predicted octanol–water partition coefficient (Wildman–Crippen LogP) is 1.75. The lowest BCUT2D eigenvalue weighted by Crippen LogP contribution is -2.39. The van der Waals surface area contributed by atoms with Gasteiger partial charge in [-0.25, -0.2) is 0 Å². The van der Waals surface area contributed by atoms with Gasteiger partial charge in [0.05, 0.1) is 31.1 Å². The zero-order valence-corrected chi connectivity index (χ0v) is 14.6. The smallest absolute Gasteiger partial charge is 0.177 e. The SMILES string of the molecule is c1cncc(OCC[C@H]2CN(c3ccc4nncn4n3)Cc3ccnn32)c1. The van der Waals surface area contributed by atoms with E-state index in [1.165, 1.54) is 5.69 Å². The summed E-state index contributed by atoms with van der Waals surface area (Å²) in [7, 11) is 0. The fourth-order valence-corrected chi connectivity index (χ4v) is 3.41. The van der Waals surface area contributed by atoms with Gasteiger partial charge < -0.3 is 9.64 Å². The normalized spacial score (nSPS) is 16.4. The van der Waals surface area contributed by atoms with Crippen LogP contribution in [0, 0.1) is 0 Å². The average molecular weight is 362 g/mol. The molecular formula is C18H18N8O.